The van der Waals surface area contributed by atoms with Gasteiger partial charge < -0.3 is 20.1 Å². The predicted molar refractivity (Wildman–Crippen MR) is 137 cm³/mol. The number of nitrogens with one attached hydrogen (secondary N) is 1. The Bertz CT molecular complexity index is 1140. The van der Waals surface area contributed by atoms with E-state index in [4.69, 9.17) is 4.74 Å². The molecule has 4 rings (SSSR count). The van der Waals surface area contributed by atoms with E-state index in [0.717, 1.165) is 29.9 Å². The molecule has 0 aliphatic carbocycles. The number of rotatable bonds is 8. The van der Waals surface area contributed by atoms with Gasteiger partial charge >= 0.3 is 0 Å². The lowest BCUT2D eigenvalue weighted by Crippen LogP contribution is -2.46. The van der Waals surface area contributed by atoms with Gasteiger partial charge in [0.05, 0.1) is 18.2 Å². The number of hydrogen-bond donors (Lipinski definition) is 2. The number of hydrogen-bond acceptors (Lipinski definition) is 5. The Morgan fingerprint density at radius 3 is 2.26 bits per heavy atom. The maximum absolute atomic E-state index is 13.6. The summed E-state index contributed by atoms with van der Waals surface area (Å²) < 4.78 is 5.88. The second-order valence-corrected chi connectivity index (χ2v) is 9.20. The van der Waals surface area contributed by atoms with Gasteiger partial charge in [-0.15, -0.1) is 0 Å². The summed E-state index contributed by atoms with van der Waals surface area (Å²) in [5, 5.41) is 12.6. The fourth-order valence-corrected chi connectivity index (χ4v) is 4.60. The molecular weight excluding hydrogens is 440 g/mol. The van der Waals surface area contributed by atoms with Crippen LogP contribution in [0.15, 0.2) is 78.9 Å². The number of phenols is 1. The number of phenolic OH excluding ortho intramolecular Hbond substituents is 1. The van der Waals surface area contributed by atoms with Crippen molar-refractivity contribution in [2.24, 2.45) is 0 Å². The fourth-order valence-electron chi connectivity index (χ4n) is 4.60. The Labute approximate surface area is 206 Å². The molecule has 1 saturated heterocycles. The molecule has 0 aromatic heterocycles. The molecule has 1 heterocycles. The molecule has 182 valence electrons. The number of Topliss-reactive ketones (excluding diaryl/α,β-unsaturated/α-hetero) is 1. The normalized spacial score (nSPS) is 18.6. The zero-order valence-electron chi connectivity index (χ0n) is 20.2. The van der Waals surface area contributed by atoms with Gasteiger partial charge in [-0.2, -0.15) is 0 Å². The van der Waals surface area contributed by atoms with E-state index < -0.39 is 6.04 Å². The molecule has 2 N–H and O–H groups in total. The average Bonchev–Trinajstić information content (AvgIpc) is 2.85. The number of carbonyl (C=O) groups is 2. The monoisotopic (exact) mass is 472 g/mol. The maximum atomic E-state index is 13.6. The third-order valence-electron chi connectivity index (χ3n) is 6.22. The van der Waals surface area contributed by atoms with Gasteiger partial charge in [0, 0.05) is 30.8 Å². The molecule has 1 amide bonds. The van der Waals surface area contributed by atoms with Crippen LogP contribution in [0.5, 0.6) is 5.75 Å². The smallest absolute Gasteiger partial charge is 0.251 e. The Balaban J connectivity index is 1.56. The largest absolute Gasteiger partial charge is 0.508 e. The van der Waals surface area contributed by atoms with Crippen molar-refractivity contribution in [1.82, 2.24) is 5.32 Å². The summed E-state index contributed by atoms with van der Waals surface area (Å²) in [6.45, 7) is 5.64. The van der Waals surface area contributed by atoms with E-state index in [1.807, 2.05) is 30.3 Å². The highest BCUT2D eigenvalue weighted by Crippen LogP contribution is 2.25. The van der Waals surface area contributed by atoms with Crippen LogP contribution in [-0.2, 0) is 22.4 Å². The zero-order chi connectivity index (χ0) is 24.8. The molecule has 0 bridgehead atoms. The number of benzene rings is 3. The first kappa shape index (κ1) is 24.5. The van der Waals surface area contributed by atoms with Crippen molar-refractivity contribution in [3.05, 3.63) is 95.6 Å². The molecule has 6 heteroatoms. The standard InChI is InChI=1S/C29H32N2O4/c1-20-18-31(19-21(2)35-20)27-11-7-6-10-24(27)17-28(33)26(16-22-12-14-25(32)15-13-22)30-29(34)23-8-4-3-5-9-23/h3-15,20-21,26,32H,16-19H2,1-2H3,(H,30,34). The average molecular weight is 473 g/mol. The van der Waals surface area contributed by atoms with Crippen LogP contribution in [-0.4, -0.2) is 48.1 Å². The fraction of sp³-hybridized carbons (Fsp3) is 0.310. The van der Waals surface area contributed by atoms with E-state index in [9.17, 15) is 14.7 Å². The van der Waals surface area contributed by atoms with Gasteiger partial charge in [-0.1, -0.05) is 48.5 Å². The molecular formula is C29H32N2O4. The summed E-state index contributed by atoms with van der Waals surface area (Å²) >= 11 is 0. The summed E-state index contributed by atoms with van der Waals surface area (Å²) in [5.41, 5.74) is 3.33. The number of aromatic hydroxyl groups is 1. The van der Waals surface area contributed by atoms with Crippen LogP contribution in [0.4, 0.5) is 5.69 Å². The molecule has 3 aromatic carbocycles. The molecule has 3 aromatic rings. The van der Waals surface area contributed by atoms with Gasteiger partial charge in [-0.25, -0.2) is 0 Å². The molecule has 1 fully saturated rings. The minimum Gasteiger partial charge on any atom is -0.508 e. The zero-order valence-corrected chi connectivity index (χ0v) is 20.2. The number of ketones is 1. The first-order valence-corrected chi connectivity index (χ1v) is 12.0. The molecule has 0 radical (unpaired) electrons. The van der Waals surface area contributed by atoms with Gasteiger partial charge in [0.25, 0.3) is 5.91 Å². The summed E-state index contributed by atoms with van der Waals surface area (Å²) in [7, 11) is 0. The van der Waals surface area contributed by atoms with Crippen LogP contribution in [0.25, 0.3) is 0 Å². The number of morpholine rings is 1. The van der Waals surface area contributed by atoms with Crippen LogP contribution >= 0.6 is 0 Å². The van der Waals surface area contributed by atoms with E-state index in [1.54, 1.807) is 48.5 Å². The first-order valence-electron chi connectivity index (χ1n) is 12.0. The van der Waals surface area contributed by atoms with Crippen molar-refractivity contribution < 1.29 is 19.4 Å². The summed E-state index contributed by atoms with van der Waals surface area (Å²) in [6, 6.07) is 22.9. The Morgan fingerprint density at radius 1 is 0.943 bits per heavy atom. The van der Waals surface area contributed by atoms with Gasteiger partial charge in [0.1, 0.15) is 5.75 Å². The van der Waals surface area contributed by atoms with Crippen LogP contribution in [0.1, 0.15) is 35.3 Å². The topological polar surface area (TPSA) is 78.9 Å². The Hall–Kier alpha value is -3.64. The van der Waals surface area contributed by atoms with Gasteiger partial charge in [-0.05, 0) is 61.7 Å². The SMILES string of the molecule is CC1CN(c2ccccc2CC(=O)C(Cc2ccc(O)cc2)NC(=O)c2ccccc2)CC(C)O1. The predicted octanol–water partition coefficient (Wildman–Crippen LogP) is 4.16. The lowest BCUT2D eigenvalue weighted by Gasteiger charge is -2.37. The second kappa shape index (κ2) is 11.2. The third kappa shape index (κ3) is 6.49. The van der Waals surface area contributed by atoms with Crippen molar-refractivity contribution in [2.45, 2.75) is 44.9 Å². The number of ether oxygens (including phenoxy) is 1. The number of amides is 1. The molecule has 35 heavy (non-hydrogen) atoms. The lowest BCUT2D eigenvalue weighted by molar-refractivity contribution is -0.120. The number of nitrogens with zero attached hydrogens (tertiary/aromatic N) is 1. The highest BCUT2D eigenvalue weighted by atomic mass is 16.5. The lowest BCUT2D eigenvalue weighted by atomic mass is 9.96. The summed E-state index contributed by atoms with van der Waals surface area (Å²) in [6.07, 6.45) is 0.754. The number of para-hydroxylation sites is 1. The Kier molecular flexibility index (Phi) is 7.83. The van der Waals surface area contributed by atoms with Crippen molar-refractivity contribution in [3.8, 4) is 5.75 Å². The molecule has 0 saturated carbocycles. The molecule has 3 unspecified atom stereocenters. The van der Waals surface area contributed by atoms with Gasteiger partial charge in [-0.3, -0.25) is 9.59 Å². The number of anilines is 1. The summed E-state index contributed by atoms with van der Waals surface area (Å²) in [5.74, 6) is -0.191. The quantitative estimate of drug-likeness (QED) is 0.515. The highest BCUT2D eigenvalue weighted by molar-refractivity contribution is 5.98. The van der Waals surface area contributed by atoms with Crippen molar-refractivity contribution in [1.29, 1.82) is 0 Å². The second-order valence-electron chi connectivity index (χ2n) is 9.20. The molecule has 3 atom stereocenters. The van der Waals surface area contributed by atoms with Crippen LogP contribution < -0.4 is 10.2 Å². The Morgan fingerprint density at radius 2 is 1.57 bits per heavy atom. The molecule has 0 spiro atoms. The number of carbonyl (C=O) groups excluding carboxylic acids is 2. The molecule has 1 aliphatic rings. The van der Waals surface area contributed by atoms with Crippen molar-refractivity contribution >= 4 is 17.4 Å². The first-order chi connectivity index (χ1) is 16.9. The van der Waals surface area contributed by atoms with E-state index >= 15 is 0 Å². The van der Waals surface area contributed by atoms with Crippen LogP contribution in [0.3, 0.4) is 0 Å². The minimum atomic E-state index is -0.706. The van der Waals surface area contributed by atoms with Gasteiger partial charge in [0.15, 0.2) is 5.78 Å². The van der Waals surface area contributed by atoms with Crippen molar-refractivity contribution in [3.63, 3.8) is 0 Å². The van der Waals surface area contributed by atoms with Gasteiger partial charge in [0.2, 0.25) is 0 Å². The maximum Gasteiger partial charge on any atom is 0.251 e. The molecule has 6 nitrogen and oxygen atoms in total. The van der Waals surface area contributed by atoms with E-state index in [2.05, 4.69) is 24.1 Å². The molecule has 1 aliphatic heterocycles. The highest BCUT2D eigenvalue weighted by Gasteiger charge is 2.27. The van der Waals surface area contributed by atoms with Crippen LogP contribution in [0, 0.1) is 0 Å². The van der Waals surface area contributed by atoms with E-state index in [-0.39, 0.29) is 36.1 Å². The minimum absolute atomic E-state index is 0.0656. The van der Waals surface area contributed by atoms with E-state index in [0.29, 0.717) is 12.0 Å². The third-order valence-corrected chi connectivity index (χ3v) is 6.22. The van der Waals surface area contributed by atoms with Crippen molar-refractivity contribution in [2.75, 3.05) is 18.0 Å². The summed E-state index contributed by atoms with van der Waals surface area (Å²) in [4.78, 5) is 28.8. The van der Waals surface area contributed by atoms with E-state index in [1.165, 1.54) is 0 Å². The van der Waals surface area contributed by atoms with Crippen LogP contribution in [0.2, 0.25) is 0 Å².